The van der Waals surface area contributed by atoms with Crippen molar-refractivity contribution in [2.45, 2.75) is 93.4 Å². The van der Waals surface area contributed by atoms with Crippen LogP contribution in [0.2, 0.25) is 0 Å². The van der Waals surface area contributed by atoms with Crippen LogP contribution < -0.4 is 0 Å². The second kappa shape index (κ2) is 8.22. The van der Waals surface area contributed by atoms with Gasteiger partial charge in [0.25, 0.3) is 0 Å². The summed E-state index contributed by atoms with van der Waals surface area (Å²) in [6, 6.07) is 0. The molecule has 0 fully saturated rings. The van der Waals surface area contributed by atoms with E-state index in [2.05, 4.69) is 65.5 Å². The molecule has 0 aliphatic carbocycles. The number of unbranched alkanes of at least 4 members (excludes halogenated alkanes) is 5. The molecule has 0 bridgehead atoms. The number of nitrogens with zero attached hydrogens (tertiary/aromatic N) is 1. The molecule has 0 spiro atoms. The molecule has 0 aromatic carbocycles. The highest BCUT2D eigenvalue weighted by Crippen LogP contribution is 2.40. The van der Waals surface area contributed by atoms with E-state index in [1.54, 1.807) is 0 Å². The van der Waals surface area contributed by atoms with Crippen molar-refractivity contribution in [3.63, 3.8) is 0 Å². The fourth-order valence-corrected chi connectivity index (χ4v) is 3.35. The van der Waals surface area contributed by atoms with Gasteiger partial charge in [0.1, 0.15) is 0 Å². The van der Waals surface area contributed by atoms with Crippen molar-refractivity contribution in [3.8, 4) is 0 Å². The normalized spacial score (nSPS) is 16.6. The summed E-state index contributed by atoms with van der Waals surface area (Å²) in [6.45, 7) is 17.5. The largest absolute Gasteiger partial charge is 0.348 e. The van der Waals surface area contributed by atoms with Crippen molar-refractivity contribution in [1.29, 1.82) is 0 Å². The molecule has 1 rings (SSSR count). The van der Waals surface area contributed by atoms with Gasteiger partial charge >= 0.3 is 0 Å². The molecule has 1 heteroatoms. The maximum atomic E-state index is 2.63. The van der Waals surface area contributed by atoms with Crippen molar-refractivity contribution in [1.82, 2.24) is 4.90 Å². The van der Waals surface area contributed by atoms with Crippen molar-refractivity contribution in [2.75, 3.05) is 6.54 Å². The van der Waals surface area contributed by atoms with Gasteiger partial charge in [-0.15, -0.1) is 0 Å². The maximum Gasteiger partial charge on any atom is 0.0225 e. The molecule has 0 atom stereocenters. The smallest absolute Gasteiger partial charge is 0.0225 e. The summed E-state index contributed by atoms with van der Waals surface area (Å²) < 4.78 is 0. The molecule has 0 unspecified atom stereocenters. The van der Waals surface area contributed by atoms with Gasteiger partial charge < -0.3 is 4.90 Å². The molecule has 0 radical (unpaired) electrons. The first-order valence-electron chi connectivity index (χ1n) is 9.36. The number of rotatable bonds is 7. The summed E-state index contributed by atoms with van der Waals surface area (Å²) in [5.74, 6) is 0. The lowest BCUT2D eigenvalue weighted by molar-refractivity contribution is 0.250. The highest BCUT2D eigenvalue weighted by molar-refractivity contribution is 5.27. The average Bonchev–Trinajstić information content (AvgIpc) is 2.40. The van der Waals surface area contributed by atoms with E-state index < -0.39 is 0 Å². The topological polar surface area (TPSA) is 3.24 Å². The van der Waals surface area contributed by atoms with Crippen LogP contribution in [0.1, 0.15) is 93.4 Å². The molecular weight excluding hydrogens is 266 g/mol. The zero-order chi connectivity index (χ0) is 16.8. The summed E-state index contributed by atoms with van der Waals surface area (Å²) >= 11 is 0. The SMILES string of the molecule is CCCCCCCCN1C(C(C)(C)C)=CCC=C1C(C)(C)C. The molecular formula is C21H39N. The van der Waals surface area contributed by atoms with Gasteiger partial charge in [0.15, 0.2) is 0 Å². The Kier molecular flexibility index (Phi) is 7.22. The molecule has 1 aliphatic heterocycles. The van der Waals surface area contributed by atoms with Crippen molar-refractivity contribution in [3.05, 3.63) is 23.5 Å². The van der Waals surface area contributed by atoms with Crippen LogP contribution in [0.3, 0.4) is 0 Å². The Hall–Kier alpha value is -0.720. The van der Waals surface area contributed by atoms with Gasteiger partial charge in [0, 0.05) is 28.8 Å². The zero-order valence-electron chi connectivity index (χ0n) is 16.3. The highest BCUT2D eigenvalue weighted by atomic mass is 15.2. The standard InChI is InChI=1S/C21H39N/c1-8-9-10-11-12-13-17-22-18(20(2,3)4)15-14-16-19(22)21(5,6)7/h15-16H,8-14,17H2,1-7H3. The molecule has 0 aromatic rings. The Bertz CT molecular complexity index is 357. The Labute approximate surface area is 139 Å². The minimum Gasteiger partial charge on any atom is -0.348 e. The Morgan fingerprint density at radius 2 is 1.23 bits per heavy atom. The minimum atomic E-state index is 0.229. The molecule has 22 heavy (non-hydrogen) atoms. The second-order valence-corrected chi connectivity index (χ2v) is 8.83. The van der Waals surface area contributed by atoms with E-state index in [1.165, 1.54) is 56.5 Å². The van der Waals surface area contributed by atoms with Gasteiger partial charge in [0.2, 0.25) is 0 Å². The van der Waals surface area contributed by atoms with E-state index in [1.807, 2.05) is 0 Å². The van der Waals surface area contributed by atoms with Crippen LogP contribution >= 0.6 is 0 Å². The van der Waals surface area contributed by atoms with E-state index in [-0.39, 0.29) is 10.8 Å². The van der Waals surface area contributed by atoms with Crippen LogP contribution in [-0.4, -0.2) is 11.4 Å². The van der Waals surface area contributed by atoms with Gasteiger partial charge in [-0.1, -0.05) is 92.7 Å². The van der Waals surface area contributed by atoms with Crippen LogP contribution in [0, 0.1) is 10.8 Å². The van der Waals surface area contributed by atoms with E-state index in [0.29, 0.717) is 0 Å². The molecule has 0 N–H and O–H groups in total. The fraction of sp³-hybridized carbons (Fsp3) is 0.810. The van der Waals surface area contributed by atoms with Crippen molar-refractivity contribution >= 4 is 0 Å². The molecule has 1 heterocycles. The summed E-state index contributed by atoms with van der Waals surface area (Å²) in [5, 5.41) is 0. The minimum absolute atomic E-state index is 0.229. The van der Waals surface area contributed by atoms with Crippen LogP contribution in [0.4, 0.5) is 0 Å². The predicted octanol–water partition coefficient (Wildman–Crippen LogP) is 6.91. The number of hydrogen-bond acceptors (Lipinski definition) is 1. The van der Waals surface area contributed by atoms with Gasteiger partial charge in [-0.2, -0.15) is 0 Å². The van der Waals surface area contributed by atoms with E-state index in [9.17, 15) is 0 Å². The second-order valence-electron chi connectivity index (χ2n) is 8.83. The number of allylic oxidation sites excluding steroid dienone is 4. The van der Waals surface area contributed by atoms with Crippen LogP contribution in [0.15, 0.2) is 23.5 Å². The van der Waals surface area contributed by atoms with Gasteiger partial charge in [-0.25, -0.2) is 0 Å². The van der Waals surface area contributed by atoms with Gasteiger partial charge in [0.05, 0.1) is 0 Å². The first-order chi connectivity index (χ1) is 10.2. The third-order valence-electron chi connectivity index (χ3n) is 4.48. The fourth-order valence-electron chi connectivity index (χ4n) is 3.35. The Balaban J connectivity index is 2.70. The molecule has 1 aliphatic rings. The van der Waals surface area contributed by atoms with Crippen LogP contribution in [-0.2, 0) is 0 Å². The summed E-state index contributed by atoms with van der Waals surface area (Å²) in [6.07, 6.45) is 14.2. The third-order valence-corrected chi connectivity index (χ3v) is 4.48. The summed E-state index contributed by atoms with van der Waals surface area (Å²) in [4.78, 5) is 2.63. The molecule has 0 saturated heterocycles. The molecule has 0 amide bonds. The first kappa shape index (κ1) is 19.3. The van der Waals surface area contributed by atoms with Crippen LogP contribution in [0.25, 0.3) is 0 Å². The monoisotopic (exact) mass is 305 g/mol. The molecule has 0 saturated carbocycles. The summed E-state index contributed by atoms with van der Waals surface area (Å²) in [5.41, 5.74) is 3.50. The zero-order valence-corrected chi connectivity index (χ0v) is 16.3. The van der Waals surface area contributed by atoms with Crippen molar-refractivity contribution < 1.29 is 0 Å². The lowest BCUT2D eigenvalue weighted by Crippen LogP contribution is -2.37. The highest BCUT2D eigenvalue weighted by Gasteiger charge is 2.31. The third kappa shape index (κ3) is 5.82. The van der Waals surface area contributed by atoms with Crippen LogP contribution in [0.5, 0.6) is 0 Å². The Morgan fingerprint density at radius 3 is 1.68 bits per heavy atom. The average molecular weight is 306 g/mol. The molecule has 1 nitrogen and oxygen atoms in total. The van der Waals surface area contributed by atoms with Gasteiger partial charge in [-0.05, 0) is 12.8 Å². The Morgan fingerprint density at radius 1 is 0.773 bits per heavy atom. The van der Waals surface area contributed by atoms with E-state index in [0.717, 1.165) is 6.42 Å². The van der Waals surface area contributed by atoms with E-state index >= 15 is 0 Å². The molecule has 0 aromatic heterocycles. The maximum absolute atomic E-state index is 2.63. The lowest BCUT2D eigenvalue weighted by Gasteiger charge is -2.43. The van der Waals surface area contributed by atoms with Gasteiger partial charge in [-0.3, -0.25) is 0 Å². The quantitative estimate of drug-likeness (QED) is 0.462. The lowest BCUT2D eigenvalue weighted by atomic mass is 9.83. The summed E-state index contributed by atoms with van der Waals surface area (Å²) in [7, 11) is 0. The van der Waals surface area contributed by atoms with Crippen molar-refractivity contribution in [2.24, 2.45) is 10.8 Å². The number of hydrogen-bond donors (Lipinski definition) is 0. The first-order valence-corrected chi connectivity index (χ1v) is 9.36. The van der Waals surface area contributed by atoms with E-state index in [4.69, 9.17) is 0 Å². The predicted molar refractivity (Wildman–Crippen MR) is 99.8 cm³/mol. The molecule has 128 valence electrons.